The highest BCUT2D eigenvalue weighted by Gasteiger charge is 2.36. The number of phenols is 5. The number of aromatic hydroxyl groups is 5. The number of carbonyl (C=O) groups excluding carboxylic acids is 7. The number of hydrogen-bond acceptors (Lipinski definition) is 14. The van der Waals surface area contributed by atoms with Crippen molar-refractivity contribution < 1.29 is 69.0 Å². The van der Waals surface area contributed by atoms with Gasteiger partial charge >= 0.3 is 5.97 Å². The minimum absolute atomic E-state index is 0.00203. The van der Waals surface area contributed by atoms with Crippen molar-refractivity contribution in [2.75, 3.05) is 0 Å². The Hall–Kier alpha value is -9.18. The Morgan fingerprint density at radius 2 is 0.716 bits per heavy atom. The van der Waals surface area contributed by atoms with Crippen LogP contribution in [-0.2, 0) is 51.2 Å². The molecule has 390 valence electrons. The number of phenolic OH excluding ortho intramolecular Hbond substituents is 5. The number of carboxylic acids is 1. The first kappa shape index (κ1) is 55.7. The van der Waals surface area contributed by atoms with E-state index in [9.17, 15) is 69.0 Å². The normalized spacial score (nSPS) is 13.8. The molecule has 0 aliphatic heterocycles. The van der Waals surface area contributed by atoms with E-state index in [0.717, 1.165) is 0 Å². The van der Waals surface area contributed by atoms with Gasteiger partial charge in [-0.15, -0.1) is 0 Å². The maximum Gasteiger partial charge on any atom is 0.330 e. The molecule has 5 aromatic carbocycles. The molecular weight excluding hydrogens is 961 g/mol. The van der Waals surface area contributed by atoms with Crippen LogP contribution in [0, 0.1) is 5.92 Å². The molecule has 22 nitrogen and oxygen atoms in total. The van der Waals surface area contributed by atoms with Crippen molar-refractivity contribution in [3.63, 3.8) is 0 Å². The molecule has 0 saturated carbocycles. The van der Waals surface area contributed by atoms with Gasteiger partial charge < -0.3 is 74.0 Å². The Morgan fingerprint density at radius 3 is 1.09 bits per heavy atom. The Morgan fingerprint density at radius 1 is 0.419 bits per heavy atom. The number of hydrogen-bond donors (Lipinski definition) is 14. The van der Waals surface area contributed by atoms with E-state index in [1.165, 1.54) is 121 Å². The predicted octanol–water partition coefficient (Wildman–Crippen LogP) is 1.36. The van der Waals surface area contributed by atoms with Crippen LogP contribution in [0.5, 0.6) is 28.7 Å². The van der Waals surface area contributed by atoms with Gasteiger partial charge in [-0.2, -0.15) is 0 Å². The van der Waals surface area contributed by atoms with Gasteiger partial charge in [-0.25, -0.2) is 4.79 Å². The van der Waals surface area contributed by atoms with Gasteiger partial charge in [-0.1, -0.05) is 74.5 Å². The van der Waals surface area contributed by atoms with Crippen LogP contribution in [0.4, 0.5) is 0 Å². The maximum atomic E-state index is 14.7. The third-order valence-electron chi connectivity index (χ3n) is 11.4. The number of rotatable bonds is 24. The van der Waals surface area contributed by atoms with E-state index >= 15 is 0 Å². The number of benzene rings is 5. The van der Waals surface area contributed by atoms with Crippen LogP contribution in [0.2, 0.25) is 0 Å². The summed E-state index contributed by atoms with van der Waals surface area (Å²) in [6.45, 7) is 3.68. The molecule has 0 spiro atoms. The summed E-state index contributed by atoms with van der Waals surface area (Å²) in [5.74, 6) is -9.43. The van der Waals surface area contributed by atoms with Gasteiger partial charge in [0.1, 0.15) is 59.0 Å². The highest BCUT2D eigenvalue weighted by Crippen LogP contribution is 2.24. The molecule has 0 unspecified atom stereocenters. The molecule has 0 fully saturated rings. The van der Waals surface area contributed by atoms with Crippen molar-refractivity contribution in [3.05, 3.63) is 149 Å². The smallest absolute Gasteiger partial charge is 0.330 e. The average Bonchev–Trinajstić information content (AvgIpc) is 3.35. The first-order valence-electron chi connectivity index (χ1n) is 23.1. The number of carbonyl (C=O) groups is 8. The molecule has 7 atom stereocenters. The number of aliphatic carboxylic acids is 1. The SMILES string of the molecule is CC(C)C[C@@H](N)C(=O)N[C@H](Cc1ccc(O)cc1)C(=O)N[C@@H](CC(N)=O)C(=O)N[C@@H](C(=O)N[C@@H](C(=O)N[C@@H](Cc1ccc(O)cc1)C(=O)N[C@H](C(=O)O)c1ccc(O)cc1)c1ccc(O)cc1)c1ccc(O)cc1. The van der Waals surface area contributed by atoms with E-state index in [1.807, 2.05) is 13.8 Å². The Balaban J connectivity index is 1.47. The zero-order valence-electron chi connectivity index (χ0n) is 40.1. The fourth-order valence-electron chi connectivity index (χ4n) is 7.59. The lowest BCUT2D eigenvalue weighted by molar-refractivity contribution is -0.142. The summed E-state index contributed by atoms with van der Waals surface area (Å²) in [5.41, 5.74) is 12.6. The van der Waals surface area contributed by atoms with Crippen LogP contribution < -0.4 is 43.4 Å². The first-order chi connectivity index (χ1) is 35.1. The van der Waals surface area contributed by atoms with Crippen molar-refractivity contribution in [1.29, 1.82) is 0 Å². The number of amides is 7. The number of nitrogens with one attached hydrogen (secondary N) is 6. The fraction of sp³-hybridized carbons (Fsp3) is 0.269. The molecule has 7 amide bonds. The van der Waals surface area contributed by atoms with E-state index in [1.54, 1.807) is 0 Å². The van der Waals surface area contributed by atoms with Crippen LogP contribution >= 0.6 is 0 Å². The summed E-state index contributed by atoms with van der Waals surface area (Å²) in [6, 6.07) is 15.0. The molecule has 0 heterocycles. The van der Waals surface area contributed by atoms with E-state index in [4.69, 9.17) is 11.5 Å². The molecule has 0 saturated heterocycles. The second-order valence-corrected chi connectivity index (χ2v) is 17.8. The zero-order valence-corrected chi connectivity index (χ0v) is 40.1. The molecular formula is C52H58N8O14. The van der Waals surface area contributed by atoms with Crippen LogP contribution in [0.3, 0.4) is 0 Å². The molecule has 16 N–H and O–H groups in total. The Labute approximate surface area is 424 Å². The third kappa shape index (κ3) is 16.4. The standard InChI is InChI=1S/C52H58N8O14/c1-27(2)23-38(53)46(67)55-39(24-28-3-13-33(61)14-4-28)47(68)56-41(26-42(54)66)49(70)58-44(31-9-19-36(64)20-10-31)51(72)59-43(30-7-17-35(63)18-8-30)50(71)57-40(25-29-5-15-34(62)16-6-29)48(69)60-45(52(73)74)32-11-21-37(65)22-12-32/h3-22,27,38-41,43-45,61-65H,23-26,53H2,1-2H3,(H2,54,66)(H,55,67)(H,56,68)(H,57,71)(H,58,70)(H,59,72)(H,60,69)(H,73,74)/t38-,39-,40+,41+,43-,44-,45+/m1/s1. The summed E-state index contributed by atoms with van der Waals surface area (Å²) in [4.78, 5) is 110. The van der Waals surface area contributed by atoms with Gasteiger partial charge in [0, 0.05) is 12.8 Å². The van der Waals surface area contributed by atoms with E-state index in [0.29, 0.717) is 11.1 Å². The van der Waals surface area contributed by atoms with Crippen molar-refractivity contribution >= 4 is 47.3 Å². The van der Waals surface area contributed by atoms with E-state index in [2.05, 4.69) is 31.9 Å². The maximum absolute atomic E-state index is 14.7. The van der Waals surface area contributed by atoms with Crippen LogP contribution in [0.1, 0.15) is 72.6 Å². The molecule has 0 radical (unpaired) electrons. The Kier molecular flexibility index (Phi) is 19.4. The number of carboxylic acid groups (broad SMARTS) is 1. The van der Waals surface area contributed by atoms with E-state index < -0.39 is 96.0 Å². The first-order valence-corrected chi connectivity index (χ1v) is 23.1. The van der Waals surface area contributed by atoms with Crippen LogP contribution in [-0.4, -0.2) is 102 Å². The molecule has 22 heteroatoms. The second-order valence-electron chi connectivity index (χ2n) is 17.8. The van der Waals surface area contributed by atoms with E-state index in [-0.39, 0.29) is 70.6 Å². The summed E-state index contributed by atoms with van der Waals surface area (Å²) in [6.07, 6.45) is -1.04. The molecule has 0 aliphatic rings. The summed E-state index contributed by atoms with van der Waals surface area (Å²) in [7, 11) is 0. The van der Waals surface area contributed by atoms with Crippen molar-refractivity contribution in [3.8, 4) is 28.7 Å². The molecule has 5 aromatic rings. The lowest BCUT2D eigenvalue weighted by Crippen LogP contribution is -2.58. The van der Waals surface area contributed by atoms with Crippen LogP contribution in [0.25, 0.3) is 0 Å². The number of primary amides is 1. The van der Waals surface area contributed by atoms with Gasteiger partial charge in [0.05, 0.1) is 12.5 Å². The largest absolute Gasteiger partial charge is 0.508 e. The zero-order chi connectivity index (χ0) is 54.2. The lowest BCUT2D eigenvalue weighted by atomic mass is 10.00. The summed E-state index contributed by atoms with van der Waals surface area (Å²) < 4.78 is 0. The second kappa shape index (κ2) is 25.8. The molecule has 0 aliphatic carbocycles. The summed E-state index contributed by atoms with van der Waals surface area (Å²) >= 11 is 0. The lowest BCUT2D eigenvalue weighted by Gasteiger charge is -2.28. The molecule has 74 heavy (non-hydrogen) atoms. The molecule has 0 aromatic heterocycles. The third-order valence-corrected chi connectivity index (χ3v) is 11.4. The van der Waals surface area contributed by atoms with Gasteiger partial charge in [-0.3, -0.25) is 33.6 Å². The molecule has 0 bridgehead atoms. The highest BCUT2D eigenvalue weighted by atomic mass is 16.4. The predicted molar refractivity (Wildman–Crippen MR) is 265 cm³/mol. The van der Waals surface area contributed by atoms with Crippen molar-refractivity contribution in [2.45, 2.75) is 81.8 Å². The fourth-order valence-corrected chi connectivity index (χ4v) is 7.59. The average molecular weight is 1020 g/mol. The molecule has 5 rings (SSSR count). The van der Waals surface area contributed by atoms with Crippen molar-refractivity contribution in [1.82, 2.24) is 31.9 Å². The number of nitrogens with two attached hydrogens (primary N) is 2. The van der Waals surface area contributed by atoms with Crippen LogP contribution in [0.15, 0.2) is 121 Å². The van der Waals surface area contributed by atoms with Gasteiger partial charge in [-0.05, 0) is 101 Å². The quantitative estimate of drug-likeness (QED) is 0.0415. The minimum Gasteiger partial charge on any atom is -0.508 e. The Bertz CT molecular complexity index is 2770. The minimum atomic E-state index is -1.80. The van der Waals surface area contributed by atoms with Crippen molar-refractivity contribution in [2.24, 2.45) is 17.4 Å². The monoisotopic (exact) mass is 1020 g/mol. The van der Waals surface area contributed by atoms with Gasteiger partial charge in [0.2, 0.25) is 41.4 Å². The highest BCUT2D eigenvalue weighted by molar-refractivity contribution is 5.99. The van der Waals surface area contributed by atoms with Gasteiger partial charge in [0.25, 0.3) is 0 Å². The topological polar surface area (TPSA) is 382 Å². The summed E-state index contributed by atoms with van der Waals surface area (Å²) in [5, 5.41) is 75.0. The van der Waals surface area contributed by atoms with Gasteiger partial charge in [0.15, 0.2) is 6.04 Å².